The first-order valence-electron chi connectivity index (χ1n) is 4.79. The Morgan fingerprint density at radius 3 is 2.11 bits per heavy atom. The third-order valence-electron chi connectivity index (χ3n) is 2.08. The fourth-order valence-corrected chi connectivity index (χ4v) is 3.35. The maximum absolute atomic E-state index is 12.4. The van der Waals surface area contributed by atoms with E-state index in [-0.39, 0.29) is 5.56 Å². The van der Waals surface area contributed by atoms with Gasteiger partial charge in [0.25, 0.3) is 32.1 Å². The van der Waals surface area contributed by atoms with E-state index in [1.165, 1.54) is 25.1 Å². The Labute approximate surface area is 108 Å². The van der Waals surface area contributed by atoms with Crippen molar-refractivity contribution in [3.05, 3.63) is 29.8 Å². The number of benzene rings is 1. The summed E-state index contributed by atoms with van der Waals surface area (Å²) < 4.78 is 81.9. The Kier molecular flexibility index (Phi) is 4.61. The quantitative estimate of drug-likeness (QED) is 0.647. The molecule has 0 bridgehead atoms. The molecule has 1 aromatic rings. The number of halogens is 2. The van der Waals surface area contributed by atoms with E-state index in [2.05, 4.69) is 4.18 Å². The van der Waals surface area contributed by atoms with E-state index in [1.54, 1.807) is 0 Å². The van der Waals surface area contributed by atoms with Crippen LogP contribution in [0.3, 0.4) is 0 Å². The summed E-state index contributed by atoms with van der Waals surface area (Å²) in [5.41, 5.74) is -2.97. The van der Waals surface area contributed by atoms with Crippen LogP contribution in [-0.2, 0) is 24.4 Å². The van der Waals surface area contributed by atoms with Crippen molar-refractivity contribution < 1.29 is 34.4 Å². The van der Waals surface area contributed by atoms with Crippen LogP contribution in [-0.4, -0.2) is 33.2 Å². The molecule has 0 radical (unpaired) electrons. The Balaban J connectivity index is 3.20. The van der Waals surface area contributed by atoms with Crippen LogP contribution in [0, 0.1) is 6.92 Å². The lowest BCUT2D eigenvalue weighted by atomic mass is 10.2. The fourth-order valence-electron chi connectivity index (χ4n) is 1.24. The smallest absolute Gasteiger partial charge is 0.283 e. The van der Waals surface area contributed by atoms with Crippen molar-refractivity contribution in [2.45, 2.75) is 23.7 Å². The maximum Gasteiger partial charge on any atom is 0.299 e. The first-order valence-corrected chi connectivity index (χ1v) is 7.70. The van der Waals surface area contributed by atoms with Gasteiger partial charge in [-0.1, -0.05) is 18.2 Å². The third kappa shape index (κ3) is 3.93. The van der Waals surface area contributed by atoms with Gasteiger partial charge in [-0.15, -0.1) is 0 Å². The van der Waals surface area contributed by atoms with E-state index < -0.39 is 37.0 Å². The molecule has 1 rings (SSSR count). The molecule has 19 heavy (non-hydrogen) atoms. The molecule has 0 spiro atoms. The second-order valence-corrected chi connectivity index (χ2v) is 6.57. The molecular formula is C9H10F2O6S2. The number of alkyl halides is 2. The lowest BCUT2D eigenvalue weighted by Gasteiger charge is -2.14. The molecular weight excluding hydrogens is 306 g/mol. The van der Waals surface area contributed by atoms with Crippen LogP contribution in [0.5, 0.6) is 0 Å². The van der Waals surface area contributed by atoms with Gasteiger partial charge in [-0.3, -0.25) is 4.55 Å². The lowest BCUT2D eigenvalue weighted by molar-refractivity contribution is 0.0548. The molecule has 1 N–H and O–H groups in total. The van der Waals surface area contributed by atoms with Crippen LogP contribution in [0.2, 0.25) is 0 Å². The van der Waals surface area contributed by atoms with Crippen LogP contribution in [0.4, 0.5) is 8.78 Å². The van der Waals surface area contributed by atoms with E-state index in [4.69, 9.17) is 4.55 Å². The molecule has 0 aliphatic rings. The SMILES string of the molecule is Cc1ccccc1S(=O)(=O)OC(C(F)F)S(=O)(=O)O. The minimum atomic E-state index is -5.37. The normalized spacial score (nSPS) is 14.6. The molecule has 0 saturated carbocycles. The predicted octanol–water partition coefficient (Wildman–Crippen LogP) is 1.18. The minimum absolute atomic E-state index is 0.186. The van der Waals surface area contributed by atoms with Crippen LogP contribution >= 0.6 is 0 Å². The molecule has 108 valence electrons. The van der Waals surface area contributed by atoms with Crippen molar-refractivity contribution in [2.24, 2.45) is 0 Å². The zero-order valence-corrected chi connectivity index (χ0v) is 11.2. The van der Waals surface area contributed by atoms with E-state index in [9.17, 15) is 25.6 Å². The molecule has 0 saturated heterocycles. The second-order valence-electron chi connectivity index (χ2n) is 3.53. The van der Waals surface area contributed by atoms with Crippen molar-refractivity contribution in [3.63, 3.8) is 0 Å². The molecule has 6 nitrogen and oxygen atoms in total. The Bertz CT molecular complexity index is 653. The third-order valence-corrected chi connectivity index (χ3v) is 4.55. The van der Waals surface area contributed by atoms with Crippen molar-refractivity contribution >= 4 is 20.2 Å². The average molecular weight is 316 g/mol. The zero-order chi connectivity index (χ0) is 14.8. The zero-order valence-electron chi connectivity index (χ0n) is 9.52. The standard InChI is InChI=1S/C9H10F2O6S2/c1-6-4-2-3-5-7(6)19(15,16)17-9(8(10)11)18(12,13)14/h2-5,8-9H,1H3,(H,12,13,14). The molecule has 1 atom stereocenters. The summed E-state index contributed by atoms with van der Waals surface area (Å²) in [5.74, 6) is 0. The van der Waals surface area contributed by atoms with E-state index in [1.807, 2.05) is 0 Å². The molecule has 0 aliphatic heterocycles. The number of hydrogen-bond donors (Lipinski definition) is 1. The van der Waals surface area contributed by atoms with Gasteiger partial charge in [-0.05, 0) is 18.6 Å². The van der Waals surface area contributed by atoms with E-state index in [0.29, 0.717) is 0 Å². The van der Waals surface area contributed by atoms with Gasteiger partial charge >= 0.3 is 0 Å². The molecule has 0 aromatic heterocycles. The largest absolute Gasteiger partial charge is 0.299 e. The minimum Gasteiger partial charge on any atom is -0.283 e. The van der Waals surface area contributed by atoms with Crippen LogP contribution in [0.1, 0.15) is 5.56 Å². The summed E-state index contributed by atoms with van der Waals surface area (Å²) >= 11 is 0. The first kappa shape index (κ1) is 16.0. The van der Waals surface area contributed by atoms with Crippen molar-refractivity contribution in [1.82, 2.24) is 0 Å². The molecule has 0 heterocycles. The van der Waals surface area contributed by atoms with E-state index >= 15 is 0 Å². The highest BCUT2D eigenvalue weighted by Gasteiger charge is 2.39. The highest BCUT2D eigenvalue weighted by atomic mass is 32.2. The van der Waals surface area contributed by atoms with Crippen LogP contribution in [0.25, 0.3) is 0 Å². The summed E-state index contributed by atoms with van der Waals surface area (Å²) in [6.45, 7) is 1.38. The molecule has 0 amide bonds. The Hall–Kier alpha value is -1.10. The Morgan fingerprint density at radius 1 is 1.16 bits per heavy atom. The van der Waals surface area contributed by atoms with Gasteiger partial charge in [-0.25, -0.2) is 13.0 Å². The van der Waals surface area contributed by atoms with Gasteiger partial charge in [0.2, 0.25) is 0 Å². The van der Waals surface area contributed by atoms with Crippen molar-refractivity contribution in [3.8, 4) is 0 Å². The fraction of sp³-hybridized carbons (Fsp3) is 0.333. The summed E-state index contributed by atoms with van der Waals surface area (Å²) in [7, 11) is -10.1. The summed E-state index contributed by atoms with van der Waals surface area (Å²) in [5, 5.41) is 0. The maximum atomic E-state index is 12.4. The van der Waals surface area contributed by atoms with Crippen LogP contribution < -0.4 is 0 Å². The summed E-state index contributed by atoms with van der Waals surface area (Å²) in [6.07, 6.45) is -3.71. The van der Waals surface area contributed by atoms with Crippen molar-refractivity contribution in [2.75, 3.05) is 0 Å². The molecule has 1 unspecified atom stereocenters. The molecule has 10 heteroatoms. The average Bonchev–Trinajstić information content (AvgIpc) is 2.24. The van der Waals surface area contributed by atoms with Gasteiger partial charge in [0.05, 0.1) is 4.90 Å². The monoisotopic (exact) mass is 316 g/mol. The van der Waals surface area contributed by atoms with Gasteiger partial charge in [0.15, 0.2) is 0 Å². The van der Waals surface area contributed by atoms with E-state index in [0.717, 1.165) is 6.07 Å². The van der Waals surface area contributed by atoms with Gasteiger partial charge < -0.3 is 0 Å². The summed E-state index contributed by atoms with van der Waals surface area (Å²) in [6, 6.07) is 5.26. The second kappa shape index (κ2) is 5.49. The van der Waals surface area contributed by atoms with Gasteiger partial charge in [0.1, 0.15) is 0 Å². The van der Waals surface area contributed by atoms with Gasteiger partial charge in [-0.2, -0.15) is 16.8 Å². The van der Waals surface area contributed by atoms with Crippen LogP contribution in [0.15, 0.2) is 29.2 Å². The first-order chi connectivity index (χ1) is 8.55. The van der Waals surface area contributed by atoms with Crippen molar-refractivity contribution in [1.29, 1.82) is 0 Å². The number of rotatable bonds is 5. The topological polar surface area (TPSA) is 97.7 Å². The lowest BCUT2D eigenvalue weighted by Crippen LogP contribution is -2.33. The highest BCUT2D eigenvalue weighted by molar-refractivity contribution is 7.89. The predicted molar refractivity (Wildman–Crippen MR) is 60.8 cm³/mol. The number of hydrogen-bond acceptors (Lipinski definition) is 5. The number of aryl methyl sites for hydroxylation is 1. The highest BCUT2D eigenvalue weighted by Crippen LogP contribution is 2.22. The summed E-state index contributed by atoms with van der Waals surface area (Å²) in [4.78, 5) is -0.454. The molecule has 0 aliphatic carbocycles. The molecule has 1 aromatic carbocycles. The van der Waals surface area contributed by atoms with Gasteiger partial charge in [0, 0.05) is 0 Å². The molecule has 0 fully saturated rings. The Morgan fingerprint density at radius 2 is 1.68 bits per heavy atom.